The minimum Gasteiger partial charge on any atom is -0.492 e. The van der Waals surface area contributed by atoms with Crippen LogP contribution >= 0.6 is 0 Å². The van der Waals surface area contributed by atoms with Crippen molar-refractivity contribution in [1.29, 1.82) is 0 Å². The van der Waals surface area contributed by atoms with E-state index in [4.69, 9.17) is 10.5 Å². The van der Waals surface area contributed by atoms with E-state index in [0.29, 0.717) is 25.4 Å². The lowest BCUT2D eigenvalue weighted by molar-refractivity contribution is 0.0986. The number of H-pyrrole nitrogens is 1. The van der Waals surface area contributed by atoms with E-state index >= 15 is 0 Å². The van der Waals surface area contributed by atoms with Crippen molar-refractivity contribution < 1.29 is 9.84 Å². The van der Waals surface area contributed by atoms with Gasteiger partial charge in [-0.15, -0.1) is 0 Å². The van der Waals surface area contributed by atoms with Gasteiger partial charge in [-0.2, -0.15) is 0 Å². The van der Waals surface area contributed by atoms with E-state index in [2.05, 4.69) is 58.9 Å². The smallest absolute Gasteiger partial charge is 0.121 e. The van der Waals surface area contributed by atoms with Gasteiger partial charge in [-0.3, -0.25) is 4.90 Å². The van der Waals surface area contributed by atoms with Crippen molar-refractivity contribution in [2.75, 3.05) is 25.4 Å². The molecule has 4 N–H and O–H groups in total. The standard InChI is InChI=1S/C29H29N3O2.C5H8/c30-23-10-6-9-22(17-23)29(33)20-32(19-21-7-2-1-3-8-21)15-16-34-24-13-14-26-25-11-4-5-12-27(25)31-28(26)18-24;1-3-5-4-2/h1-14,17-18,29,31,33H,15-16,19-20,30H2;3-5H,1H2,2H3/b;5-4-. The van der Waals surface area contributed by atoms with Crippen molar-refractivity contribution >= 4 is 27.5 Å². The lowest BCUT2D eigenvalue weighted by atomic mass is 10.1. The second-order valence-corrected chi connectivity index (χ2v) is 9.39. The molecule has 0 aliphatic heterocycles. The fourth-order valence-electron chi connectivity index (χ4n) is 4.54. The molecule has 0 bridgehead atoms. The second kappa shape index (κ2) is 14.0. The van der Waals surface area contributed by atoms with Crippen molar-refractivity contribution in [2.24, 2.45) is 0 Å². The first-order chi connectivity index (χ1) is 19.1. The molecule has 0 fully saturated rings. The van der Waals surface area contributed by atoms with E-state index in [9.17, 15) is 5.11 Å². The zero-order chi connectivity index (χ0) is 27.5. The Morgan fingerprint density at radius 3 is 2.44 bits per heavy atom. The molecule has 5 rings (SSSR count). The van der Waals surface area contributed by atoms with Crippen LogP contribution in [-0.4, -0.2) is 34.7 Å². The Hall–Kier alpha value is -4.32. The SMILES string of the molecule is C=C/C=C\C.Nc1cccc(C(O)CN(CCOc2ccc3c(c2)[nH]c2ccccc23)Cc2ccccc2)c1. The van der Waals surface area contributed by atoms with Crippen molar-refractivity contribution in [3.63, 3.8) is 0 Å². The third-order valence-electron chi connectivity index (χ3n) is 6.46. The maximum Gasteiger partial charge on any atom is 0.121 e. The van der Waals surface area contributed by atoms with Crippen molar-refractivity contribution in [2.45, 2.75) is 19.6 Å². The van der Waals surface area contributed by atoms with Crippen LogP contribution < -0.4 is 10.5 Å². The molecule has 5 nitrogen and oxygen atoms in total. The third kappa shape index (κ3) is 7.84. The normalized spacial score (nSPS) is 12.0. The highest BCUT2D eigenvalue weighted by atomic mass is 16.5. The summed E-state index contributed by atoms with van der Waals surface area (Å²) in [5.41, 5.74) is 10.8. The monoisotopic (exact) mass is 519 g/mol. The van der Waals surface area contributed by atoms with E-state index in [0.717, 1.165) is 28.9 Å². The van der Waals surface area contributed by atoms with Gasteiger partial charge in [0, 0.05) is 47.7 Å². The van der Waals surface area contributed by atoms with Crippen LogP contribution in [0.1, 0.15) is 24.2 Å². The number of anilines is 1. The van der Waals surface area contributed by atoms with Gasteiger partial charge < -0.3 is 20.6 Å². The van der Waals surface area contributed by atoms with Gasteiger partial charge in [0.2, 0.25) is 0 Å². The van der Waals surface area contributed by atoms with E-state index in [1.165, 1.54) is 16.3 Å². The average Bonchev–Trinajstić information content (AvgIpc) is 3.32. The Morgan fingerprint density at radius 1 is 0.923 bits per heavy atom. The predicted octanol–water partition coefficient (Wildman–Crippen LogP) is 7.27. The molecule has 1 unspecified atom stereocenters. The van der Waals surface area contributed by atoms with Gasteiger partial charge in [0.05, 0.1) is 11.6 Å². The highest BCUT2D eigenvalue weighted by molar-refractivity contribution is 6.07. The number of nitrogen functional groups attached to an aromatic ring is 1. The molecule has 0 amide bonds. The molecular formula is C34H37N3O2. The van der Waals surface area contributed by atoms with Gasteiger partial charge in [-0.25, -0.2) is 0 Å². The topological polar surface area (TPSA) is 74.5 Å². The lowest BCUT2D eigenvalue weighted by Crippen LogP contribution is -2.32. The number of nitrogens with one attached hydrogen (secondary N) is 1. The quantitative estimate of drug-likeness (QED) is 0.134. The maximum absolute atomic E-state index is 10.9. The summed E-state index contributed by atoms with van der Waals surface area (Å²) in [4.78, 5) is 5.68. The number of ether oxygens (including phenoxy) is 1. The van der Waals surface area contributed by atoms with Gasteiger partial charge in [-0.05, 0) is 48.4 Å². The zero-order valence-corrected chi connectivity index (χ0v) is 22.5. The highest BCUT2D eigenvalue weighted by Gasteiger charge is 2.15. The molecule has 39 heavy (non-hydrogen) atoms. The molecule has 0 saturated carbocycles. The number of allylic oxidation sites excluding steroid dienone is 3. The number of aromatic amines is 1. The first-order valence-corrected chi connectivity index (χ1v) is 13.2. The fraction of sp³-hybridized carbons (Fsp3) is 0.176. The Kier molecular flexibility index (Phi) is 9.95. The van der Waals surface area contributed by atoms with Crippen LogP contribution in [0.3, 0.4) is 0 Å². The minimum atomic E-state index is -0.630. The molecular weight excluding hydrogens is 482 g/mol. The summed E-state index contributed by atoms with van der Waals surface area (Å²) >= 11 is 0. The number of benzene rings is 4. The van der Waals surface area contributed by atoms with Crippen LogP contribution in [0.15, 0.2) is 122 Å². The molecule has 1 atom stereocenters. The Morgan fingerprint density at radius 2 is 1.69 bits per heavy atom. The van der Waals surface area contributed by atoms with E-state index in [1.54, 1.807) is 6.08 Å². The number of aliphatic hydroxyl groups is 1. The predicted molar refractivity (Wildman–Crippen MR) is 164 cm³/mol. The van der Waals surface area contributed by atoms with Gasteiger partial charge in [0.1, 0.15) is 12.4 Å². The van der Waals surface area contributed by atoms with Crippen LogP contribution in [-0.2, 0) is 6.54 Å². The number of rotatable bonds is 10. The third-order valence-corrected chi connectivity index (χ3v) is 6.46. The van der Waals surface area contributed by atoms with Gasteiger partial charge >= 0.3 is 0 Å². The summed E-state index contributed by atoms with van der Waals surface area (Å²) in [7, 11) is 0. The number of hydrogen-bond acceptors (Lipinski definition) is 4. The number of nitrogens with two attached hydrogens (primary N) is 1. The Bertz CT molecular complexity index is 1510. The van der Waals surface area contributed by atoms with Crippen molar-refractivity contribution in [3.8, 4) is 5.75 Å². The fourth-order valence-corrected chi connectivity index (χ4v) is 4.54. The number of nitrogens with zero attached hydrogens (tertiary/aromatic N) is 1. The molecule has 4 aromatic carbocycles. The van der Waals surface area contributed by atoms with Gasteiger partial charge in [-0.1, -0.05) is 85.5 Å². The maximum atomic E-state index is 10.9. The molecule has 5 aromatic rings. The van der Waals surface area contributed by atoms with Crippen LogP contribution in [0.4, 0.5) is 5.69 Å². The Labute approximate surface area is 230 Å². The molecule has 1 aromatic heterocycles. The van der Waals surface area contributed by atoms with E-state index < -0.39 is 6.10 Å². The number of para-hydroxylation sites is 1. The molecule has 0 aliphatic rings. The zero-order valence-electron chi connectivity index (χ0n) is 22.5. The second-order valence-electron chi connectivity index (χ2n) is 9.39. The van der Waals surface area contributed by atoms with Crippen molar-refractivity contribution in [1.82, 2.24) is 9.88 Å². The Balaban J connectivity index is 0.000000648. The number of hydrogen-bond donors (Lipinski definition) is 3. The summed E-state index contributed by atoms with van der Waals surface area (Å²) in [5.74, 6) is 0.829. The van der Waals surface area contributed by atoms with Crippen LogP contribution in [0.25, 0.3) is 21.8 Å². The van der Waals surface area contributed by atoms with Crippen LogP contribution in [0.2, 0.25) is 0 Å². The van der Waals surface area contributed by atoms with Gasteiger partial charge in [0.15, 0.2) is 0 Å². The lowest BCUT2D eigenvalue weighted by Gasteiger charge is -2.25. The summed E-state index contributed by atoms with van der Waals surface area (Å²) in [5, 5.41) is 13.3. The summed E-state index contributed by atoms with van der Waals surface area (Å²) < 4.78 is 6.12. The molecule has 0 spiro atoms. The van der Waals surface area contributed by atoms with E-state index in [1.807, 2.05) is 73.7 Å². The molecule has 1 heterocycles. The first kappa shape index (κ1) is 27.7. The molecule has 0 radical (unpaired) electrons. The molecule has 200 valence electrons. The molecule has 0 saturated heterocycles. The van der Waals surface area contributed by atoms with Crippen molar-refractivity contribution in [3.05, 3.63) is 133 Å². The summed E-state index contributed by atoms with van der Waals surface area (Å²) in [6, 6.07) is 32.2. The molecule has 0 aliphatic carbocycles. The largest absolute Gasteiger partial charge is 0.492 e. The number of aromatic nitrogens is 1. The van der Waals surface area contributed by atoms with E-state index in [-0.39, 0.29) is 0 Å². The number of aliphatic hydroxyl groups excluding tert-OH is 1. The highest BCUT2D eigenvalue weighted by Crippen LogP contribution is 2.28. The minimum absolute atomic E-state index is 0.489. The van der Waals surface area contributed by atoms with Gasteiger partial charge in [0.25, 0.3) is 0 Å². The molecule has 5 heteroatoms. The number of fused-ring (bicyclic) bond motifs is 3. The van der Waals surface area contributed by atoms with Crippen LogP contribution in [0, 0.1) is 0 Å². The first-order valence-electron chi connectivity index (χ1n) is 13.2. The summed E-state index contributed by atoms with van der Waals surface area (Å²) in [6.07, 6.45) is 4.95. The average molecular weight is 520 g/mol. The van der Waals surface area contributed by atoms with Crippen LogP contribution in [0.5, 0.6) is 5.75 Å². The summed E-state index contributed by atoms with van der Waals surface area (Å²) in [6.45, 7) is 7.83.